The molecule has 0 aliphatic heterocycles. The molecule has 0 saturated heterocycles. The standard InChI is InChI=1S/C18H13BrClFN4O4/c19-13-6-12(21)2-4-16(13)28-8-18(27)29-7-17(26)24-14-5-11(20)1-3-15(14)25-10-22-9-23-25/h1-6,9-10H,7-8H2,(H,24,26). The minimum absolute atomic E-state index is 0.268. The largest absolute Gasteiger partial charge is 0.481 e. The molecule has 0 bridgehead atoms. The minimum atomic E-state index is -0.765. The summed E-state index contributed by atoms with van der Waals surface area (Å²) in [4.78, 5) is 27.8. The van der Waals surface area contributed by atoms with Crippen LogP contribution in [0.2, 0.25) is 5.02 Å². The van der Waals surface area contributed by atoms with E-state index in [0.717, 1.165) is 0 Å². The second-order valence-corrected chi connectivity index (χ2v) is 6.86. The number of nitrogens with zero attached hydrogens (tertiary/aromatic N) is 3. The van der Waals surface area contributed by atoms with E-state index in [-0.39, 0.29) is 5.75 Å². The third-order valence-electron chi connectivity index (χ3n) is 3.50. The molecule has 0 saturated carbocycles. The number of rotatable bonds is 7. The van der Waals surface area contributed by atoms with Crippen molar-refractivity contribution >= 4 is 45.1 Å². The number of hydrogen-bond acceptors (Lipinski definition) is 6. The highest BCUT2D eigenvalue weighted by Gasteiger charge is 2.13. The van der Waals surface area contributed by atoms with Gasteiger partial charge < -0.3 is 14.8 Å². The van der Waals surface area contributed by atoms with E-state index in [0.29, 0.717) is 20.9 Å². The van der Waals surface area contributed by atoms with Gasteiger partial charge >= 0.3 is 5.97 Å². The smallest absolute Gasteiger partial charge is 0.344 e. The highest BCUT2D eigenvalue weighted by Crippen LogP contribution is 2.25. The Kier molecular flexibility index (Phi) is 6.78. The van der Waals surface area contributed by atoms with Crippen LogP contribution in [0.15, 0.2) is 53.5 Å². The van der Waals surface area contributed by atoms with Gasteiger partial charge in [0.1, 0.15) is 24.2 Å². The maximum Gasteiger partial charge on any atom is 0.344 e. The van der Waals surface area contributed by atoms with Crippen molar-refractivity contribution in [2.24, 2.45) is 0 Å². The first kappa shape index (κ1) is 20.7. The van der Waals surface area contributed by atoms with E-state index >= 15 is 0 Å². The summed E-state index contributed by atoms with van der Waals surface area (Å²) in [5, 5.41) is 7.01. The van der Waals surface area contributed by atoms with Crippen LogP contribution in [0.25, 0.3) is 5.69 Å². The number of carbonyl (C=O) groups is 2. The van der Waals surface area contributed by atoms with Crippen molar-refractivity contribution in [2.75, 3.05) is 18.5 Å². The van der Waals surface area contributed by atoms with Crippen LogP contribution in [0.3, 0.4) is 0 Å². The lowest BCUT2D eigenvalue weighted by molar-refractivity contribution is -0.149. The van der Waals surface area contributed by atoms with Gasteiger partial charge in [0.05, 0.1) is 15.8 Å². The monoisotopic (exact) mass is 482 g/mol. The van der Waals surface area contributed by atoms with E-state index in [9.17, 15) is 14.0 Å². The lowest BCUT2D eigenvalue weighted by Crippen LogP contribution is -2.24. The number of aromatic nitrogens is 3. The third-order valence-corrected chi connectivity index (χ3v) is 4.36. The molecule has 0 radical (unpaired) electrons. The number of ether oxygens (including phenoxy) is 2. The van der Waals surface area contributed by atoms with Gasteiger partial charge in [-0.05, 0) is 52.3 Å². The van der Waals surface area contributed by atoms with Crippen LogP contribution < -0.4 is 10.1 Å². The molecule has 3 rings (SSSR count). The second kappa shape index (κ2) is 9.48. The second-order valence-electron chi connectivity index (χ2n) is 5.57. The van der Waals surface area contributed by atoms with Gasteiger partial charge in [-0.3, -0.25) is 4.79 Å². The van der Waals surface area contributed by atoms with Crippen LogP contribution in [0.5, 0.6) is 5.75 Å². The van der Waals surface area contributed by atoms with Gasteiger partial charge in [-0.15, -0.1) is 0 Å². The first-order valence-electron chi connectivity index (χ1n) is 8.10. The maximum absolute atomic E-state index is 13.0. The molecule has 11 heteroatoms. The topological polar surface area (TPSA) is 95.3 Å². The summed E-state index contributed by atoms with van der Waals surface area (Å²) >= 11 is 9.11. The fourth-order valence-electron chi connectivity index (χ4n) is 2.24. The average molecular weight is 484 g/mol. The minimum Gasteiger partial charge on any atom is -0.481 e. The third kappa shape index (κ3) is 5.75. The molecule has 0 aliphatic carbocycles. The molecular formula is C18H13BrClFN4O4. The molecule has 1 amide bonds. The molecule has 0 fully saturated rings. The van der Waals surface area contributed by atoms with Crippen LogP contribution in [0, 0.1) is 5.82 Å². The van der Waals surface area contributed by atoms with Crippen molar-refractivity contribution in [3.63, 3.8) is 0 Å². The quantitative estimate of drug-likeness (QED) is 0.518. The number of benzene rings is 2. The zero-order valence-corrected chi connectivity index (χ0v) is 17.0. The lowest BCUT2D eigenvalue weighted by atomic mass is 10.2. The average Bonchev–Trinajstić information content (AvgIpc) is 3.20. The Morgan fingerprint density at radius 2 is 2.03 bits per heavy atom. The van der Waals surface area contributed by atoms with Crippen molar-refractivity contribution in [1.29, 1.82) is 0 Å². The molecular weight excluding hydrogens is 471 g/mol. The van der Waals surface area contributed by atoms with Crippen LogP contribution in [-0.2, 0) is 14.3 Å². The summed E-state index contributed by atoms with van der Waals surface area (Å²) < 4.78 is 25.0. The summed E-state index contributed by atoms with van der Waals surface area (Å²) in [5.41, 5.74) is 0.909. The Balaban J connectivity index is 1.54. The van der Waals surface area contributed by atoms with Crippen molar-refractivity contribution in [1.82, 2.24) is 14.8 Å². The van der Waals surface area contributed by atoms with Crippen LogP contribution >= 0.6 is 27.5 Å². The van der Waals surface area contributed by atoms with E-state index in [1.54, 1.807) is 12.1 Å². The Bertz CT molecular complexity index is 1030. The van der Waals surface area contributed by atoms with Gasteiger partial charge in [0.2, 0.25) is 0 Å². The van der Waals surface area contributed by atoms with Crippen LogP contribution in [-0.4, -0.2) is 39.9 Å². The van der Waals surface area contributed by atoms with E-state index in [4.69, 9.17) is 21.1 Å². The Morgan fingerprint density at radius 1 is 1.21 bits per heavy atom. The molecule has 1 N–H and O–H groups in total. The number of nitrogens with one attached hydrogen (secondary N) is 1. The van der Waals surface area contributed by atoms with Crippen molar-refractivity contribution in [3.05, 3.63) is 64.4 Å². The van der Waals surface area contributed by atoms with Gasteiger partial charge in [0, 0.05) is 5.02 Å². The Morgan fingerprint density at radius 3 is 2.76 bits per heavy atom. The SMILES string of the molecule is O=C(COC(=O)COc1ccc(F)cc1Br)Nc1cc(Cl)ccc1-n1cncn1. The van der Waals surface area contributed by atoms with E-state index < -0.39 is 30.9 Å². The van der Waals surface area contributed by atoms with Gasteiger partial charge in [-0.1, -0.05) is 11.6 Å². The number of carbonyl (C=O) groups excluding carboxylic acids is 2. The van der Waals surface area contributed by atoms with Gasteiger partial charge in [-0.25, -0.2) is 18.9 Å². The normalized spacial score (nSPS) is 10.4. The highest BCUT2D eigenvalue weighted by molar-refractivity contribution is 9.10. The first-order valence-corrected chi connectivity index (χ1v) is 9.27. The maximum atomic E-state index is 13.0. The number of esters is 1. The molecule has 8 nitrogen and oxygen atoms in total. The molecule has 1 heterocycles. The molecule has 0 aliphatic rings. The van der Waals surface area contributed by atoms with Gasteiger partial charge in [0.25, 0.3) is 5.91 Å². The first-order chi connectivity index (χ1) is 13.9. The van der Waals surface area contributed by atoms with E-state index in [2.05, 4.69) is 31.3 Å². The summed E-state index contributed by atoms with van der Waals surface area (Å²) in [5.74, 6) is -1.53. The fourth-order valence-corrected chi connectivity index (χ4v) is 2.88. The van der Waals surface area contributed by atoms with E-state index in [1.807, 2.05) is 0 Å². The van der Waals surface area contributed by atoms with Crippen molar-refractivity contribution < 1.29 is 23.5 Å². The number of hydrogen-bond donors (Lipinski definition) is 1. The number of amides is 1. The van der Waals surface area contributed by atoms with Gasteiger partial charge in [-0.2, -0.15) is 5.10 Å². The number of halogens is 3. The zero-order valence-electron chi connectivity index (χ0n) is 14.6. The predicted molar refractivity (Wildman–Crippen MR) is 106 cm³/mol. The predicted octanol–water partition coefficient (Wildman–Crippen LogP) is 3.38. The lowest BCUT2D eigenvalue weighted by Gasteiger charge is -2.12. The molecule has 2 aromatic carbocycles. The van der Waals surface area contributed by atoms with Gasteiger partial charge in [0.15, 0.2) is 13.2 Å². The summed E-state index contributed by atoms with van der Waals surface area (Å²) in [6, 6.07) is 8.59. The van der Waals surface area contributed by atoms with Crippen LogP contribution in [0.1, 0.15) is 0 Å². The van der Waals surface area contributed by atoms with Crippen LogP contribution in [0.4, 0.5) is 10.1 Å². The molecule has 0 spiro atoms. The number of anilines is 1. The highest BCUT2D eigenvalue weighted by atomic mass is 79.9. The summed E-state index contributed by atoms with van der Waals surface area (Å²) in [6.45, 7) is -0.977. The molecule has 150 valence electrons. The van der Waals surface area contributed by atoms with E-state index in [1.165, 1.54) is 41.6 Å². The summed E-state index contributed by atoms with van der Waals surface area (Å²) in [7, 11) is 0. The Hall–Kier alpha value is -2.98. The molecule has 1 aromatic heterocycles. The summed E-state index contributed by atoms with van der Waals surface area (Å²) in [6.07, 6.45) is 2.81. The molecule has 0 unspecified atom stereocenters. The van der Waals surface area contributed by atoms with Crippen molar-refractivity contribution in [3.8, 4) is 11.4 Å². The zero-order chi connectivity index (χ0) is 20.8. The Labute approximate surface area is 177 Å². The molecule has 3 aromatic rings. The fraction of sp³-hybridized carbons (Fsp3) is 0.111. The van der Waals surface area contributed by atoms with Crippen molar-refractivity contribution in [2.45, 2.75) is 0 Å². The molecule has 29 heavy (non-hydrogen) atoms. The molecule has 0 atom stereocenters.